The zero-order valence-corrected chi connectivity index (χ0v) is 26.8. The second kappa shape index (κ2) is 14.5. The van der Waals surface area contributed by atoms with Gasteiger partial charge in [0.2, 0.25) is 11.8 Å². The largest absolute Gasteiger partial charge is 0.497 e. The summed E-state index contributed by atoms with van der Waals surface area (Å²) in [4.78, 5) is 29.0. The fourth-order valence-electron chi connectivity index (χ4n) is 4.56. The molecule has 0 aliphatic heterocycles. The highest BCUT2D eigenvalue weighted by molar-refractivity contribution is 9.10. The van der Waals surface area contributed by atoms with E-state index in [1.807, 2.05) is 54.6 Å². The summed E-state index contributed by atoms with van der Waals surface area (Å²) in [5, 5.41) is 3.09. The van der Waals surface area contributed by atoms with Gasteiger partial charge in [0, 0.05) is 29.5 Å². The number of hydrogen-bond donors (Lipinski definition) is 1. The molecule has 0 fully saturated rings. The first kappa shape index (κ1) is 32.1. The van der Waals surface area contributed by atoms with Crippen LogP contribution in [0.3, 0.4) is 0 Å². The standard InChI is InChI=1S/C32H31BrClN3O5S/c1-35-32(39)30(20-23-7-4-3-5-8-23)36(21-24-9-6-10-25(33)19-24)31(38)22-37(27-13-11-26(34)12-14-27)43(40,41)29-17-15-28(42-2)16-18-29/h3-19,30H,20-22H2,1-2H3,(H,35,39)/t30-/m0/s1. The van der Waals surface area contributed by atoms with Crippen molar-refractivity contribution in [1.29, 1.82) is 0 Å². The lowest BCUT2D eigenvalue weighted by Gasteiger charge is -2.33. The van der Waals surface area contributed by atoms with Gasteiger partial charge < -0.3 is 15.0 Å². The van der Waals surface area contributed by atoms with Crippen molar-refractivity contribution in [3.63, 3.8) is 0 Å². The van der Waals surface area contributed by atoms with Gasteiger partial charge in [0.25, 0.3) is 10.0 Å². The van der Waals surface area contributed by atoms with Crippen molar-refractivity contribution < 1.29 is 22.7 Å². The lowest BCUT2D eigenvalue weighted by atomic mass is 10.0. The minimum Gasteiger partial charge on any atom is -0.497 e. The molecule has 0 unspecified atom stereocenters. The molecule has 0 saturated carbocycles. The molecule has 224 valence electrons. The van der Waals surface area contributed by atoms with Gasteiger partial charge in [-0.25, -0.2) is 8.42 Å². The minimum atomic E-state index is -4.23. The van der Waals surface area contributed by atoms with E-state index in [1.54, 1.807) is 12.1 Å². The highest BCUT2D eigenvalue weighted by atomic mass is 79.9. The number of rotatable bonds is 12. The molecule has 0 saturated heterocycles. The van der Waals surface area contributed by atoms with Crippen molar-refractivity contribution in [2.75, 3.05) is 25.0 Å². The summed E-state index contributed by atoms with van der Waals surface area (Å²) in [6, 6.07) is 27.9. The Labute approximate surface area is 265 Å². The molecule has 4 rings (SSSR count). The number of anilines is 1. The Morgan fingerprint density at radius 3 is 2.16 bits per heavy atom. The normalized spacial score (nSPS) is 11.8. The zero-order chi connectivity index (χ0) is 31.0. The lowest BCUT2D eigenvalue weighted by molar-refractivity contribution is -0.139. The van der Waals surface area contributed by atoms with Crippen LogP contribution in [0, 0.1) is 0 Å². The number of carbonyl (C=O) groups is 2. The minimum absolute atomic E-state index is 0.0262. The lowest BCUT2D eigenvalue weighted by Crippen LogP contribution is -2.53. The number of nitrogens with one attached hydrogen (secondary N) is 1. The maximum Gasteiger partial charge on any atom is 0.264 e. The van der Waals surface area contributed by atoms with E-state index in [-0.39, 0.29) is 29.5 Å². The first-order valence-corrected chi connectivity index (χ1v) is 15.9. The molecular weight excluding hydrogens is 654 g/mol. The Morgan fingerprint density at radius 1 is 0.907 bits per heavy atom. The molecule has 4 aromatic rings. The van der Waals surface area contributed by atoms with Gasteiger partial charge >= 0.3 is 0 Å². The number of carbonyl (C=O) groups excluding carboxylic acids is 2. The second-order valence-corrected chi connectivity index (χ2v) is 12.8. The summed E-state index contributed by atoms with van der Waals surface area (Å²) in [7, 11) is -1.23. The van der Waals surface area contributed by atoms with Crippen LogP contribution in [0.2, 0.25) is 5.02 Å². The Hall–Kier alpha value is -3.86. The highest BCUT2D eigenvalue weighted by Crippen LogP contribution is 2.27. The quantitative estimate of drug-likeness (QED) is 0.207. The molecule has 4 aromatic carbocycles. The van der Waals surface area contributed by atoms with Gasteiger partial charge in [0.1, 0.15) is 18.3 Å². The van der Waals surface area contributed by atoms with Crippen LogP contribution in [0.5, 0.6) is 5.75 Å². The maximum absolute atomic E-state index is 14.3. The van der Waals surface area contributed by atoms with E-state index in [1.165, 1.54) is 55.5 Å². The second-order valence-electron chi connectivity index (χ2n) is 9.63. The Kier molecular flexibility index (Phi) is 10.8. The van der Waals surface area contributed by atoms with E-state index in [0.717, 1.165) is 19.9 Å². The molecule has 0 aliphatic carbocycles. The first-order chi connectivity index (χ1) is 20.6. The number of benzene rings is 4. The molecule has 0 bridgehead atoms. The van der Waals surface area contributed by atoms with Crippen molar-refractivity contribution in [3.05, 3.63) is 124 Å². The fourth-order valence-corrected chi connectivity index (χ4v) is 6.55. The van der Waals surface area contributed by atoms with Crippen LogP contribution < -0.4 is 14.4 Å². The molecule has 2 amide bonds. The van der Waals surface area contributed by atoms with E-state index in [9.17, 15) is 18.0 Å². The molecule has 43 heavy (non-hydrogen) atoms. The predicted molar refractivity (Wildman–Crippen MR) is 172 cm³/mol. The summed E-state index contributed by atoms with van der Waals surface area (Å²) < 4.78 is 35.1. The van der Waals surface area contributed by atoms with Crippen molar-refractivity contribution in [2.45, 2.75) is 23.9 Å². The van der Waals surface area contributed by atoms with Crippen LogP contribution in [0.4, 0.5) is 5.69 Å². The number of hydrogen-bond acceptors (Lipinski definition) is 5. The van der Waals surface area contributed by atoms with Gasteiger partial charge in [-0.1, -0.05) is 70.0 Å². The Morgan fingerprint density at radius 2 is 1.56 bits per heavy atom. The van der Waals surface area contributed by atoms with Crippen LogP contribution in [0.1, 0.15) is 11.1 Å². The monoisotopic (exact) mass is 683 g/mol. The molecule has 0 radical (unpaired) electrons. The van der Waals surface area contributed by atoms with Gasteiger partial charge in [-0.2, -0.15) is 0 Å². The summed E-state index contributed by atoms with van der Waals surface area (Å²) >= 11 is 9.58. The Balaban J connectivity index is 1.78. The summed E-state index contributed by atoms with van der Waals surface area (Å²) in [6.45, 7) is -0.494. The van der Waals surface area contributed by atoms with E-state index < -0.39 is 28.5 Å². The van der Waals surface area contributed by atoms with Gasteiger partial charge in [0.15, 0.2) is 0 Å². The van der Waals surface area contributed by atoms with E-state index in [2.05, 4.69) is 21.2 Å². The SMILES string of the molecule is CNC(=O)[C@H](Cc1ccccc1)N(Cc1cccc(Br)c1)C(=O)CN(c1ccc(Cl)cc1)S(=O)(=O)c1ccc(OC)cc1. The number of methoxy groups -OCH3 is 1. The third kappa shape index (κ3) is 8.16. The van der Waals surface area contributed by atoms with Crippen molar-refractivity contribution in [2.24, 2.45) is 0 Å². The van der Waals surface area contributed by atoms with Crippen LogP contribution in [-0.4, -0.2) is 51.9 Å². The number of likely N-dealkylation sites (N-methyl/N-ethyl adjacent to an activating group) is 1. The summed E-state index contributed by atoms with van der Waals surface area (Å²) in [5.41, 5.74) is 1.86. The van der Waals surface area contributed by atoms with Crippen LogP contribution in [0.25, 0.3) is 0 Å². The third-order valence-corrected chi connectivity index (χ3v) is 9.33. The fraction of sp³-hybridized carbons (Fsp3) is 0.188. The van der Waals surface area contributed by atoms with E-state index in [4.69, 9.17) is 16.3 Å². The Bertz CT molecular complexity index is 1650. The number of amides is 2. The van der Waals surface area contributed by atoms with Crippen LogP contribution >= 0.6 is 27.5 Å². The molecule has 0 aliphatic rings. The molecule has 8 nitrogen and oxygen atoms in total. The number of ether oxygens (including phenoxy) is 1. The van der Waals surface area contributed by atoms with E-state index >= 15 is 0 Å². The zero-order valence-electron chi connectivity index (χ0n) is 23.6. The molecule has 0 aromatic heterocycles. The number of nitrogens with zero attached hydrogens (tertiary/aromatic N) is 2. The maximum atomic E-state index is 14.3. The number of halogens is 2. The van der Waals surface area contributed by atoms with Gasteiger partial charge in [-0.05, 0) is 71.8 Å². The first-order valence-electron chi connectivity index (χ1n) is 13.3. The molecule has 0 heterocycles. The molecular formula is C32H31BrClN3O5S. The molecule has 1 N–H and O–H groups in total. The van der Waals surface area contributed by atoms with Crippen molar-refractivity contribution in [3.8, 4) is 5.75 Å². The average molecular weight is 685 g/mol. The third-order valence-electron chi connectivity index (χ3n) is 6.80. The average Bonchev–Trinajstić information content (AvgIpc) is 3.02. The van der Waals surface area contributed by atoms with Gasteiger partial charge in [-0.15, -0.1) is 0 Å². The van der Waals surface area contributed by atoms with Crippen LogP contribution in [-0.2, 0) is 32.6 Å². The summed E-state index contributed by atoms with van der Waals surface area (Å²) in [6.07, 6.45) is 0.229. The molecule has 1 atom stereocenters. The van der Waals surface area contributed by atoms with Crippen molar-refractivity contribution >= 4 is 55.1 Å². The predicted octanol–water partition coefficient (Wildman–Crippen LogP) is 5.69. The van der Waals surface area contributed by atoms with Gasteiger partial charge in [0.05, 0.1) is 17.7 Å². The smallest absolute Gasteiger partial charge is 0.264 e. The van der Waals surface area contributed by atoms with Crippen molar-refractivity contribution in [1.82, 2.24) is 10.2 Å². The molecule has 0 spiro atoms. The van der Waals surface area contributed by atoms with E-state index in [0.29, 0.717) is 10.8 Å². The van der Waals surface area contributed by atoms with Crippen LogP contribution in [0.15, 0.2) is 112 Å². The number of sulfonamides is 1. The topological polar surface area (TPSA) is 96.0 Å². The van der Waals surface area contributed by atoms with Gasteiger partial charge in [-0.3, -0.25) is 13.9 Å². The highest BCUT2D eigenvalue weighted by Gasteiger charge is 2.34. The summed E-state index contributed by atoms with van der Waals surface area (Å²) in [5.74, 6) is -0.442. The molecule has 11 heteroatoms.